The molecule has 0 radical (unpaired) electrons. The van der Waals surface area contributed by atoms with Crippen LogP contribution >= 0.6 is 0 Å². The fourth-order valence-electron chi connectivity index (χ4n) is 2.51. The van der Waals surface area contributed by atoms with Crippen LogP contribution in [-0.2, 0) is 0 Å². The van der Waals surface area contributed by atoms with E-state index in [1.54, 1.807) is 6.20 Å². The summed E-state index contributed by atoms with van der Waals surface area (Å²) in [4.78, 5) is 3.03. The van der Waals surface area contributed by atoms with Gasteiger partial charge in [0.05, 0.1) is 17.4 Å². The van der Waals surface area contributed by atoms with Gasteiger partial charge in [0.2, 0.25) is 0 Å². The lowest BCUT2D eigenvalue weighted by atomic mass is 9.92. The van der Waals surface area contributed by atoms with Crippen molar-refractivity contribution in [2.75, 3.05) is 0 Å². The van der Waals surface area contributed by atoms with Crippen LogP contribution in [0.5, 0.6) is 0 Å². The van der Waals surface area contributed by atoms with E-state index in [-0.39, 0.29) is 6.04 Å². The Morgan fingerprint density at radius 1 is 1.20 bits per heavy atom. The van der Waals surface area contributed by atoms with Crippen LogP contribution in [0.2, 0.25) is 0 Å². The van der Waals surface area contributed by atoms with Crippen molar-refractivity contribution in [2.24, 2.45) is 11.0 Å². The van der Waals surface area contributed by atoms with Crippen LogP contribution in [0.1, 0.15) is 38.4 Å². The topological polar surface area (TPSA) is 66.6 Å². The second-order valence-electron chi connectivity index (χ2n) is 4.73. The monoisotopic (exact) mass is 269 g/mol. The van der Waals surface area contributed by atoms with E-state index in [9.17, 15) is 0 Å². The third kappa shape index (κ3) is 2.83. The minimum atomic E-state index is -0.183. The third-order valence-corrected chi connectivity index (χ3v) is 3.65. The molecule has 5 heteroatoms. The molecule has 1 unspecified atom stereocenters. The number of hydrogen-bond donors (Lipinski definition) is 0. The van der Waals surface area contributed by atoms with Crippen LogP contribution in [0, 0.1) is 5.92 Å². The Morgan fingerprint density at radius 2 is 1.90 bits per heavy atom. The number of nitrogens with zero attached hydrogens (tertiary/aromatic N) is 5. The molecule has 0 aliphatic heterocycles. The number of azide groups is 1. The first-order valence-corrected chi connectivity index (χ1v) is 6.95. The van der Waals surface area contributed by atoms with Crippen molar-refractivity contribution in [1.82, 2.24) is 9.78 Å². The zero-order valence-electron chi connectivity index (χ0n) is 11.8. The smallest absolute Gasteiger partial charge is 0.0827 e. The molecule has 1 atom stereocenters. The molecule has 1 heterocycles. The van der Waals surface area contributed by atoms with E-state index in [1.807, 2.05) is 41.1 Å². The number of para-hydroxylation sites is 1. The standard InChI is InChI=1S/C15H19N5/c1-3-12(4-2)15(18-19-16)14-10-11-17-20(14)13-8-6-5-7-9-13/h5-12,15H,3-4H2,1-2H3. The molecule has 0 bridgehead atoms. The van der Waals surface area contributed by atoms with E-state index in [1.165, 1.54) is 0 Å². The maximum Gasteiger partial charge on any atom is 0.0827 e. The lowest BCUT2D eigenvalue weighted by molar-refractivity contribution is 0.392. The summed E-state index contributed by atoms with van der Waals surface area (Å²) in [5.74, 6) is 0.324. The van der Waals surface area contributed by atoms with Crippen LogP contribution in [0.25, 0.3) is 16.1 Å². The highest BCUT2D eigenvalue weighted by atomic mass is 15.3. The molecule has 0 saturated carbocycles. The molecular weight excluding hydrogens is 250 g/mol. The van der Waals surface area contributed by atoms with Crippen molar-refractivity contribution in [3.8, 4) is 5.69 Å². The SMILES string of the molecule is CCC(CC)C(N=[N+]=[N-])c1ccnn1-c1ccccc1. The van der Waals surface area contributed by atoms with Gasteiger partial charge >= 0.3 is 0 Å². The number of hydrogen-bond acceptors (Lipinski definition) is 2. The molecular formula is C15H19N5. The summed E-state index contributed by atoms with van der Waals surface area (Å²) in [6.07, 6.45) is 3.70. The van der Waals surface area contributed by atoms with Crippen molar-refractivity contribution in [2.45, 2.75) is 32.7 Å². The fraction of sp³-hybridized carbons (Fsp3) is 0.400. The van der Waals surface area contributed by atoms with Crippen LogP contribution in [0.3, 0.4) is 0 Å². The number of rotatable bonds is 6. The normalized spacial score (nSPS) is 12.2. The van der Waals surface area contributed by atoms with E-state index in [0.717, 1.165) is 24.2 Å². The zero-order chi connectivity index (χ0) is 14.4. The number of aromatic nitrogens is 2. The molecule has 104 valence electrons. The van der Waals surface area contributed by atoms with Gasteiger partial charge in [0.1, 0.15) is 0 Å². The first kappa shape index (κ1) is 14.2. The Labute approximate surface area is 118 Å². The van der Waals surface area contributed by atoms with Gasteiger partial charge in [-0.1, -0.05) is 50.0 Å². The van der Waals surface area contributed by atoms with Gasteiger partial charge in [-0.25, -0.2) is 4.68 Å². The molecule has 1 aromatic heterocycles. The Balaban J connectivity index is 2.45. The summed E-state index contributed by atoms with van der Waals surface area (Å²) in [6, 6.07) is 11.7. The predicted octanol–water partition coefficient (Wildman–Crippen LogP) is 4.66. The second-order valence-corrected chi connectivity index (χ2v) is 4.73. The Hall–Kier alpha value is -2.26. The molecule has 20 heavy (non-hydrogen) atoms. The van der Waals surface area contributed by atoms with Gasteiger partial charge < -0.3 is 0 Å². The van der Waals surface area contributed by atoms with Gasteiger partial charge in [0.15, 0.2) is 0 Å². The summed E-state index contributed by atoms with van der Waals surface area (Å²) in [7, 11) is 0. The van der Waals surface area contributed by atoms with Crippen molar-refractivity contribution >= 4 is 0 Å². The molecule has 5 nitrogen and oxygen atoms in total. The Morgan fingerprint density at radius 3 is 2.50 bits per heavy atom. The lowest BCUT2D eigenvalue weighted by Crippen LogP contribution is -2.14. The summed E-state index contributed by atoms with van der Waals surface area (Å²) >= 11 is 0. The lowest BCUT2D eigenvalue weighted by Gasteiger charge is -2.21. The van der Waals surface area contributed by atoms with Crippen molar-refractivity contribution in [3.05, 3.63) is 58.7 Å². The van der Waals surface area contributed by atoms with Gasteiger partial charge in [-0.15, -0.1) is 0 Å². The van der Waals surface area contributed by atoms with E-state index < -0.39 is 0 Å². The highest BCUT2D eigenvalue weighted by Gasteiger charge is 2.23. The predicted molar refractivity (Wildman–Crippen MR) is 79.5 cm³/mol. The maximum absolute atomic E-state index is 8.87. The zero-order valence-corrected chi connectivity index (χ0v) is 11.8. The molecule has 2 rings (SSSR count). The molecule has 0 aliphatic rings. The van der Waals surface area contributed by atoms with Crippen LogP contribution in [-0.4, -0.2) is 9.78 Å². The van der Waals surface area contributed by atoms with Crippen molar-refractivity contribution in [3.63, 3.8) is 0 Å². The molecule has 2 aromatic rings. The molecule has 1 aromatic carbocycles. The minimum Gasteiger partial charge on any atom is -0.237 e. The van der Waals surface area contributed by atoms with Gasteiger partial charge in [-0.2, -0.15) is 5.10 Å². The third-order valence-electron chi connectivity index (χ3n) is 3.65. The molecule has 0 aliphatic carbocycles. The summed E-state index contributed by atoms with van der Waals surface area (Å²) in [5, 5.41) is 8.39. The first-order valence-electron chi connectivity index (χ1n) is 6.95. The highest BCUT2D eigenvalue weighted by molar-refractivity contribution is 5.33. The quantitative estimate of drug-likeness (QED) is 0.427. The molecule has 0 saturated heterocycles. The van der Waals surface area contributed by atoms with Gasteiger partial charge in [-0.05, 0) is 29.6 Å². The van der Waals surface area contributed by atoms with Crippen LogP contribution in [0.4, 0.5) is 0 Å². The fourth-order valence-corrected chi connectivity index (χ4v) is 2.51. The van der Waals surface area contributed by atoms with Crippen LogP contribution in [0.15, 0.2) is 47.7 Å². The van der Waals surface area contributed by atoms with E-state index >= 15 is 0 Å². The van der Waals surface area contributed by atoms with Gasteiger partial charge in [-0.3, -0.25) is 0 Å². The molecule has 0 spiro atoms. The molecule has 0 amide bonds. The summed E-state index contributed by atoms with van der Waals surface area (Å²) in [5.41, 5.74) is 10.8. The highest BCUT2D eigenvalue weighted by Crippen LogP contribution is 2.32. The van der Waals surface area contributed by atoms with E-state index in [4.69, 9.17) is 5.53 Å². The van der Waals surface area contributed by atoms with Gasteiger partial charge in [0, 0.05) is 11.1 Å². The summed E-state index contributed by atoms with van der Waals surface area (Å²) < 4.78 is 1.86. The molecule has 0 fully saturated rings. The van der Waals surface area contributed by atoms with E-state index in [0.29, 0.717) is 5.92 Å². The average molecular weight is 269 g/mol. The summed E-state index contributed by atoms with van der Waals surface area (Å²) in [6.45, 7) is 4.24. The Kier molecular flexibility index (Phi) is 4.80. The number of benzene rings is 1. The first-order chi connectivity index (χ1) is 9.81. The van der Waals surface area contributed by atoms with Crippen molar-refractivity contribution in [1.29, 1.82) is 0 Å². The van der Waals surface area contributed by atoms with Gasteiger partial charge in [0.25, 0.3) is 0 Å². The second kappa shape index (κ2) is 6.78. The average Bonchev–Trinajstić information content (AvgIpc) is 2.97. The van der Waals surface area contributed by atoms with Crippen molar-refractivity contribution < 1.29 is 0 Å². The Bertz CT molecular complexity index is 579. The molecule has 0 N–H and O–H groups in total. The maximum atomic E-state index is 8.87. The van der Waals surface area contributed by atoms with Crippen LogP contribution < -0.4 is 0 Å². The largest absolute Gasteiger partial charge is 0.237 e. The van der Waals surface area contributed by atoms with E-state index in [2.05, 4.69) is 29.0 Å². The minimum absolute atomic E-state index is 0.183.